The van der Waals surface area contributed by atoms with Gasteiger partial charge >= 0.3 is 6.09 Å². The lowest BCUT2D eigenvalue weighted by molar-refractivity contribution is 0.0377. The van der Waals surface area contributed by atoms with E-state index in [1.807, 2.05) is 57.3 Å². The first-order chi connectivity index (χ1) is 16.8. The van der Waals surface area contributed by atoms with Gasteiger partial charge < -0.3 is 14.8 Å². The van der Waals surface area contributed by atoms with Crippen LogP contribution in [-0.4, -0.2) is 28.2 Å². The van der Waals surface area contributed by atoms with Crippen LogP contribution in [0.25, 0.3) is 28.2 Å². The van der Waals surface area contributed by atoms with E-state index >= 15 is 0 Å². The predicted molar refractivity (Wildman–Crippen MR) is 138 cm³/mol. The van der Waals surface area contributed by atoms with Crippen molar-refractivity contribution in [1.29, 1.82) is 0 Å². The fourth-order valence-electron chi connectivity index (χ4n) is 4.69. The Bertz CT molecular complexity index is 1350. The van der Waals surface area contributed by atoms with E-state index in [0.29, 0.717) is 0 Å². The molecule has 0 radical (unpaired) electrons. The highest BCUT2D eigenvalue weighted by atomic mass is 16.6. The van der Waals surface area contributed by atoms with Crippen LogP contribution in [0.4, 0.5) is 4.79 Å². The van der Waals surface area contributed by atoms with E-state index in [9.17, 15) is 4.79 Å². The summed E-state index contributed by atoms with van der Waals surface area (Å²) in [6, 6.07) is 22.6. The number of aromatic nitrogens is 2. The van der Waals surface area contributed by atoms with Crippen molar-refractivity contribution in [3.8, 4) is 28.3 Å². The second-order valence-corrected chi connectivity index (χ2v) is 10.1. The second kappa shape index (κ2) is 8.77. The number of rotatable bonds is 5. The van der Waals surface area contributed by atoms with Crippen molar-refractivity contribution in [2.24, 2.45) is 0 Å². The Hall–Kier alpha value is -3.80. The smallest absolute Gasteiger partial charge is 0.408 e. The molecule has 0 saturated heterocycles. The predicted octanol–water partition coefficient (Wildman–Crippen LogP) is 6.58. The van der Waals surface area contributed by atoms with E-state index in [4.69, 9.17) is 14.5 Å². The molecule has 2 aromatic heterocycles. The van der Waals surface area contributed by atoms with Gasteiger partial charge in [-0.05, 0) is 51.7 Å². The molecule has 1 aliphatic rings. The number of imidazole rings is 1. The van der Waals surface area contributed by atoms with Crippen molar-refractivity contribution in [1.82, 2.24) is 14.7 Å². The molecule has 0 aliphatic heterocycles. The number of amides is 1. The number of alkyl carbamates (subject to hydrolysis) is 1. The van der Waals surface area contributed by atoms with Crippen LogP contribution < -0.4 is 10.1 Å². The first kappa shape index (κ1) is 23.0. The summed E-state index contributed by atoms with van der Waals surface area (Å²) >= 11 is 0. The minimum atomic E-state index is -0.529. The zero-order valence-corrected chi connectivity index (χ0v) is 20.7. The topological polar surface area (TPSA) is 64.9 Å². The second-order valence-electron chi connectivity index (χ2n) is 10.1. The Morgan fingerprint density at radius 1 is 1.00 bits per heavy atom. The molecule has 1 amide bonds. The van der Waals surface area contributed by atoms with Crippen LogP contribution in [0.2, 0.25) is 0 Å². The third kappa shape index (κ3) is 4.48. The molecule has 1 fully saturated rings. The third-order valence-electron chi connectivity index (χ3n) is 6.54. The molecule has 1 N–H and O–H groups in total. The normalized spacial score (nSPS) is 14.9. The average molecular weight is 470 g/mol. The summed E-state index contributed by atoms with van der Waals surface area (Å²) in [5.74, 6) is 0.768. The molecule has 2 aromatic carbocycles. The van der Waals surface area contributed by atoms with Crippen LogP contribution >= 0.6 is 0 Å². The molecule has 35 heavy (non-hydrogen) atoms. The van der Waals surface area contributed by atoms with E-state index in [1.54, 1.807) is 7.11 Å². The van der Waals surface area contributed by atoms with Crippen LogP contribution in [-0.2, 0) is 10.3 Å². The van der Waals surface area contributed by atoms with Gasteiger partial charge in [-0.2, -0.15) is 0 Å². The van der Waals surface area contributed by atoms with Gasteiger partial charge in [0.05, 0.1) is 24.0 Å². The molecule has 0 bridgehead atoms. The molecule has 6 heteroatoms. The molecule has 5 rings (SSSR count). The molecular formula is C29H31N3O3. The van der Waals surface area contributed by atoms with Gasteiger partial charge in [0.25, 0.3) is 0 Å². The molecule has 1 aliphatic carbocycles. The lowest BCUT2D eigenvalue weighted by Crippen LogP contribution is -2.52. The summed E-state index contributed by atoms with van der Waals surface area (Å²) in [5, 5.41) is 3.14. The number of carbonyl (C=O) groups is 1. The number of nitrogens with one attached hydrogen (secondary N) is 1. The van der Waals surface area contributed by atoms with E-state index < -0.39 is 5.60 Å². The van der Waals surface area contributed by atoms with Crippen molar-refractivity contribution in [2.45, 2.75) is 51.2 Å². The van der Waals surface area contributed by atoms with Gasteiger partial charge in [0.1, 0.15) is 17.0 Å². The Balaban J connectivity index is 1.52. The van der Waals surface area contributed by atoms with Crippen LogP contribution in [0.1, 0.15) is 45.6 Å². The minimum absolute atomic E-state index is 0.373. The largest absolute Gasteiger partial charge is 0.497 e. The number of hydrogen-bond acceptors (Lipinski definition) is 4. The SMILES string of the molecule is COc1ccn2c(-c3ccccc3)c(-c3ccc(C4(NC(=O)OC(C)(C)C)CCC4)cc3)nc2c1. The maximum Gasteiger partial charge on any atom is 0.408 e. The van der Waals surface area contributed by atoms with Crippen molar-refractivity contribution >= 4 is 11.7 Å². The molecule has 2 heterocycles. The van der Waals surface area contributed by atoms with Crippen molar-refractivity contribution < 1.29 is 14.3 Å². The van der Waals surface area contributed by atoms with Gasteiger partial charge in [-0.3, -0.25) is 4.40 Å². The zero-order chi connectivity index (χ0) is 24.6. The maximum absolute atomic E-state index is 12.5. The van der Waals surface area contributed by atoms with Crippen LogP contribution in [0, 0.1) is 0 Å². The number of carbonyl (C=O) groups excluding carboxylic acids is 1. The molecule has 0 unspecified atom stereocenters. The van der Waals surface area contributed by atoms with Gasteiger partial charge in [0.15, 0.2) is 0 Å². The summed E-state index contributed by atoms with van der Waals surface area (Å²) in [6.07, 6.45) is 4.49. The average Bonchev–Trinajstić information content (AvgIpc) is 3.19. The van der Waals surface area contributed by atoms with E-state index in [2.05, 4.69) is 46.1 Å². The minimum Gasteiger partial charge on any atom is -0.497 e. The highest BCUT2D eigenvalue weighted by Crippen LogP contribution is 2.42. The molecule has 0 atom stereocenters. The Morgan fingerprint density at radius 3 is 2.31 bits per heavy atom. The van der Waals surface area contributed by atoms with E-state index in [-0.39, 0.29) is 11.6 Å². The summed E-state index contributed by atoms with van der Waals surface area (Å²) in [7, 11) is 1.66. The van der Waals surface area contributed by atoms with Crippen molar-refractivity contribution in [3.05, 3.63) is 78.5 Å². The van der Waals surface area contributed by atoms with E-state index in [0.717, 1.165) is 58.7 Å². The maximum atomic E-state index is 12.5. The van der Waals surface area contributed by atoms with Gasteiger partial charge in [0, 0.05) is 23.4 Å². The molecule has 6 nitrogen and oxygen atoms in total. The number of benzene rings is 2. The van der Waals surface area contributed by atoms with Crippen molar-refractivity contribution in [2.75, 3.05) is 7.11 Å². The standard InChI is InChI=1S/C29H31N3O3/c1-28(2,3)35-27(33)31-29(16-8-17-29)22-13-11-20(12-14-22)25-26(21-9-6-5-7-10-21)32-18-15-23(34-4)19-24(32)30-25/h5-7,9-15,18-19H,8,16-17H2,1-4H3,(H,31,33). The molecule has 4 aromatic rings. The van der Waals surface area contributed by atoms with Gasteiger partial charge in [-0.25, -0.2) is 9.78 Å². The lowest BCUT2D eigenvalue weighted by Gasteiger charge is -2.43. The summed E-state index contributed by atoms with van der Waals surface area (Å²) in [4.78, 5) is 17.5. The number of nitrogens with zero attached hydrogens (tertiary/aromatic N) is 2. The molecular weight excluding hydrogens is 438 g/mol. The van der Waals surface area contributed by atoms with Gasteiger partial charge in [-0.1, -0.05) is 54.6 Å². The van der Waals surface area contributed by atoms with Gasteiger partial charge in [0.2, 0.25) is 0 Å². The lowest BCUT2D eigenvalue weighted by atomic mass is 9.71. The van der Waals surface area contributed by atoms with Gasteiger partial charge in [-0.15, -0.1) is 0 Å². The quantitative estimate of drug-likeness (QED) is 0.358. The Morgan fingerprint density at radius 2 is 1.71 bits per heavy atom. The third-order valence-corrected chi connectivity index (χ3v) is 6.54. The first-order valence-corrected chi connectivity index (χ1v) is 12.0. The summed E-state index contributed by atoms with van der Waals surface area (Å²) in [5.41, 5.74) is 5.04. The van der Waals surface area contributed by atoms with Crippen LogP contribution in [0.15, 0.2) is 72.9 Å². The molecule has 0 spiro atoms. The highest BCUT2D eigenvalue weighted by Gasteiger charge is 2.41. The van der Waals surface area contributed by atoms with Crippen LogP contribution in [0.5, 0.6) is 5.75 Å². The number of pyridine rings is 1. The zero-order valence-electron chi connectivity index (χ0n) is 20.7. The summed E-state index contributed by atoms with van der Waals surface area (Å²) < 4.78 is 13.0. The summed E-state index contributed by atoms with van der Waals surface area (Å²) in [6.45, 7) is 5.64. The monoisotopic (exact) mass is 469 g/mol. The molecule has 180 valence electrons. The molecule has 1 saturated carbocycles. The Labute approximate surface area is 205 Å². The van der Waals surface area contributed by atoms with E-state index in [1.165, 1.54) is 0 Å². The Kier molecular flexibility index (Phi) is 5.75. The number of ether oxygens (including phenoxy) is 2. The highest BCUT2D eigenvalue weighted by molar-refractivity contribution is 5.82. The van der Waals surface area contributed by atoms with Crippen molar-refractivity contribution in [3.63, 3.8) is 0 Å². The number of methoxy groups -OCH3 is 1. The van der Waals surface area contributed by atoms with Crippen LogP contribution in [0.3, 0.4) is 0 Å². The first-order valence-electron chi connectivity index (χ1n) is 12.0. The number of fused-ring (bicyclic) bond motifs is 1. The fourth-order valence-corrected chi connectivity index (χ4v) is 4.69. The fraction of sp³-hybridized carbons (Fsp3) is 0.310. The number of hydrogen-bond donors (Lipinski definition) is 1.